The molecule has 0 saturated heterocycles. The van der Waals surface area contributed by atoms with Crippen molar-refractivity contribution >= 4 is 6.41 Å². The minimum absolute atomic E-state index is 0.00243. The average Bonchev–Trinajstić information content (AvgIpc) is 1.98. The van der Waals surface area contributed by atoms with Crippen LogP contribution in [0.25, 0.3) is 0 Å². The molecule has 0 rings (SSSR count). The Morgan fingerprint density at radius 3 is 2.70 bits per heavy atom. The zero-order valence-electron chi connectivity index (χ0n) is 6.12. The van der Waals surface area contributed by atoms with E-state index in [9.17, 15) is 4.79 Å². The Kier molecular flexibility index (Phi) is 6.11. The molecule has 0 atom stereocenters. The monoisotopic (exact) mass is 147 g/mol. The smallest absolute Gasteiger partial charge is 0.209 e. The fourth-order valence-corrected chi connectivity index (χ4v) is 0.554. The second kappa shape index (κ2) is 6.51. The van der Waals surface area contributed by atoms with Gasteiger partial charge in [-0.05, 0) is 0 Å². The van der Waals surface area contributed by atoms with E-state index in [0.29, 0.717) is 26.1 Å². The number of amides is 1. The second-order valence-corrected chi connectivity index (χ2v) is 1.86. The molecule has 0 radical (unpaired) electrons. The van der Waals surface area contributed by atoms with Crippen LogP contribution in [0.4, 0.5) is 0 Å². The number of methoxy groups -OCH3 is 1. The number of nitrogens with zero attached hydrogens (tertiary/aromatic N) is 1. The minimum Gasteiger partial charge on any atom is -0.395 e. The lowest BCUT2D eigenvalue weighted by molar-refractivity contribution is -0.119. The number of rotatable bonds is 6. The van der Waals surface area contributed by atoms with Crippen LogP contribution in [-0.2, 0) is 9.53 Å². The Balaban J connectivity index is 3.29. The minimum atomic E-state index is 0.00243. The van der Waals surface area contributed by atoms with Gasteiger partial charge in [0.1, 0.15) is 0 Å². The molecular formula is C6H13NO3. The summed E-state index contributed by atoms with van der Waals surface area (Å²) < 4.78 is 4.74. The Morgan fingerprint density at radius 2 is 2.30 bits per heavy atom. The van der Waals surface area contributed by atoms with Gasteiger partial charge in [-0.15, -0.1) is 0 Å². The number of hydrogen-bond acceptors (Lipinski definition) is 3. The molecule has 60 valence electrons. The van der Waals surface area contributed by atoms with E-state index in [1.54, 1.807) is 7.11 Å². The van der Waals surface area contributed by atoms with Crippen LogP contribution in [0.5, 0.6) is 0 Å². The summed E-state index contributed by atoms with van der Waals surface area (Å²) in [6, 6.07) is 0. The standard InChI is InChI=1S/C6H13NO3/c1-10-5-3-7(6-9)2-4-8/h6,8H,2-5H2,1H3. The van der Waals surface area contributed by atoms with Crippen LogP contribution < -0.4 is 0 Å². The van der Waals surface area contributed by atoms with Crippen molar-refractivity contribution in [3.05, 3.63) is 0 Å². The van der Waals surface area contributed by atoms with Crippen LogP contribution in [-0.4, -0.2) is 49.8 Å². The van der Waals surface area contributed by atoms with Crippen LogP contribution in [0.1, 0.15) is 0 Å². The van der Waals surface area contributed by atoms with Gasteiger partial charge in [-0.3, -0.25) is 4.79 Å². The molecule has 1 N–H and O–H groups in total. The van der Waals surface area contributed by atoms with Gasteiger partial charge in [-0.1, -0.05) is 0 Å². The Morgan fingerprint density at radius 1 is 1.60 bits per heavy atom. The molecule has 4 nitrogen and oxygen atoms in total. The third-order valence-corrected chi connectivity index (χ3v) is 1.12. The summed E-state index contributed by atoms with van der Waals surface area (Å²) in [5, 5.41) is 8.43. The van der Waals surface area contributed by atoms with Crippen LogP contribution >= 0.6 is 0 Å². The van der Waals surface area contributed by atoms with Gasteiger partial charge in [0.05, 0.1) is 13.2 Å². The second-order valence-electron chi connectivity index (χ2n) is 1.86. The molecule has 0 aromatic carbocycles. The van der Waals surface area contributed by atoms with Crippen molar-refractivity contribution in [2.75, 3.05) is 33.4 Å². The quantitative estimate of drug-likeness (QED) is 0.494. The topological polar surface area (TPSA) is 49.8 Å². The fraction of sp³-hybridized carbons (Fsp3) is 0.833. The summed E-state index contributed by atoms with van der Waals surface area (Å²) in [6.45, 7) is 1.44. The molecule has 0 bridgehead atoms. The summed E-state index contributed by atoms with van der Waals surface area (Å²) in [5.74, 6) is 0. The van der Waals surface area contributed by atoms with Gasteiger partial charge in [-0.25, -0.2) is 0 Å². The molecule has 1 amide bonds. The molecule has 0 aromatic rings. The van der Waals surface area contributed by atoms with Crippen molar-refractivity contribution in [2.24, 2.45) is 0 Å². The molecule has 4 heteroatoms. The molecule has 0 aliphatic carbocycles. The Labute approximate surface area is 60.4 Å². The third-order valence-electron chi connectivity index (χ3n) is 1.12. The van der Waals surface area contributed by atoms with Crippen LogP contribution in [0.2, 0.25) is 0 Å². The van der Waals surface area contributed by atoms with Crippen LogP contribution in [0.15, 0.2) is 0 Å². The third kappa shape index (κ3) is 4.29. The Bertz CT molecular complexity index is 87.1. The molecule has 0 unspecified atom stereocenters. The molecule has 0 aliphatic heterocycles. The maximum Gasteiger partial charge on any atom is 0.209 e. The first-order valence-corrected chi connectivity index (χ1v) is 3.14. The lowest BCUT2D eigenvalue weighted by atomic mass is 10.5. The number of carbonyl (C=O) groups is 1. The molecule has 0 fully saturated rings. The highest BCUT2D eigenvalue weighted by molar-refractivity contribution is 5.46. The highest BCUT2D eigenvalue weighted by atomic mass is 16.5. The largest absolute Gasteiger partial charge is 0.395 e. The summed E-state index contributed by atoms with van der Waals surface area (Å²) in [7, 11) is 1.57. The normalized spacial score (nSPS) is 9.40. The van der Waals surface area contributed by atoms with E-state index in [1.807, 2.05) is 0 Å². The van der Waals surface area contributed by atoms with E-state index in [4.69, 9.17) is 9.84 Å². The number of ether oxygens (including phenoxy) is 1. The van der Waals surface area contributed by atoms with E-state index in [2.05, 4.69) is 0 Å². The first kappa shape index (κ1) is 9.39. The van der Waals surface area contributed by atoms with Gasteiger partial charge in [0, 0.05) is 20.2 Å². The van der Waals surface area contributed by atoms with Crippen molar-refractivity contribution in [2.45, 2.75) is 0 Å². The predicted octanol–water partition coefficient (Wildman–Crippen LogP) is -0.917. The number of aliphatic hydroxyl groups excluding tert-OH is 1. The lowest BCUT2D eigenvalue weighted by Crippen LogP contribution is -2.28. The fourth-order valence-electron chi connectivity index (χ4n) is 0.554. The lowest BCUT2D eigenvalue weighted by Gasteiger charge is -2.14. The summed E-state index contributed by atoms with van der Waals surface area (Å²) in [4.78, 5) is 11.6. The van der Waals surface area contributed by atoms with E-state index >= 15 is 0 Å². The van der Waals surface area contributed by atoms with Gasteiger partial charge in [-0.2, -0.15) is 0 Å². The van der Waals surface area contributed by atoms with Crippen molar-refractivity contribution < 1.29 is 14.6 Å². The highest BCUT2D eigenvalue weighted by Gasteiger charge is 1.97. The zero-order chi connectivity index (χ0) is 7.82. The first-order chi connectivity index (χ1) is 4.85. The number of carbonyl (C=O) groups excluding carboxylic acids is 1. The highest BCUT2D eigenvalue weighted by Crippen LogP contribution is 1.80. The van der Waals surface area contributed by atoms with Gasteiger partial charge < -0.3 is 14.7 Å². The van der Waals surface area contributed by atoms with Gasteiger partial charge in [0.15, 0.2) is 0 Å². The van der Waals surface area contributed by atoms with E-state index in [-0.39, 0.29) is 6.61 Å². The summed E-state index contributed by atoms with van der Waals surface area (Å²) in [6.07, 6.45) is 0.704. The molecule has 0 aromatic heterocycles. The Hall–Kier alpha value is -0.610. The van der Waals surface area contributed by atoms with Crippen molar-refractivity contribution in [1.82, 2.24) is 4.90 Å². The maximum absolute atomic E-state index is 10.2. The SMILES string of the molecule is COCCN(C=O)CCO. The zero-order valence-corrected chi connectivity index (χ0v) is 6.12. The number of hydrogen-bond donors (Lipinski definition) is 1. The van der Waals surface area contributed by atoms with Crippen molar-refractivity contribution in [1.29, 1.82) is 0 Å². The van der Waals surface area contributed by atoms with Gasteiger partial charge in [0.25, 0.3) is 0 Å². The van der Waals surface area contributed by atoms with E-state index in [1.165, 1.54) is 4.90 Å². The molecule has 10 heavy (non-hydrogen) atoms. The summed E-state index contributed by atoms with van der Waals surface area (Å²) >= 11 is 0. The van der Waals surface area contributed by atoms with Crippen molar-refractivity contribution in [3.63, 3.8) is 0 Å². The maximum atomic E-state index is 10.2. The first-order valence-electron chi connectivity index (χ1n) is 3.14. The van der Waals surface area contributed by atoms with E-state index < -0.39 is 0 Å². The average molecular weight is 147 g/mol. The molecule has 0 heterocycles. The van der Waals surface area contributed by atoms with Gasteiger partial charge in [0.2, 0.25) is 6.41 Å². The number of aliphatic hydroxyl groups is 1. The van der Waals surface area contributed by atoms with Crippen molar-refractivity contribution in [3.8, 4) is 0 Å². The molecule has 0 aliphatic rings. The molecular weight excluding hydrogens is 134 g/mol. The van der Waals surface area contributed by atoms with Crippen LogP contribution in [0.3, 0.4) is 0 Å². The van der Waals surface area contributed by atoms with Gasteiger partial charge >= 0.3 is 0 Å². The summed E-state index contributed by atoms with van der Waals surface area (Å²) in [5.41, 5.74) is 0. The van der Waals surface area contributed by atoms with Crippen LogP contribution in [0, 0.1) is 0 Å². The molecule has 0 saturated carbocycles. The van der Waals surface area contributed by atoms with E-state index in [0.717, 1.165) is 0 Å². The molecule has 0 spiro atoms. The predicted molar refractivity (Wildman–Crippen MR) is 36.6 cm³/mol.